The van der Waals surface area contributed by atoms with Crippen molar-refractivity contribution in [3.63, 3.8) is 0 Å². The van der Waals surface area contributed by atoms with E-state index >= 15 is 0 Å². The van der Waals surface area contributed by atoms with Gasteiger partial charge in [0.15, 0.2) is 11.6 Å². The molecule has 1 aliphatic heterocycles. The molecule has 10 heteroatoms. The van der Waals surface area contributed by atoms with E-state index in [1.165, 1.54) is 25.5 Å². The maximum absolute atomic E-state index is 14.8. The zero-order valence-electron chi connectivity index (χ0n) is 20.9. The third-order valence-corrected chi connectivity index (χ3v) is 6.93. The molecule has 0 atom stereocenters. The standard InChI is InChI=1S/C20H23ClFN7.C6H12O.CH4/c1-11-7-17(16(22)9-14(11)13-3-5-23-6-4-13)25-20-24-10-15(21)19(27-20)26-18-8-12(2)28-29-18;7-6-4-2-1-3-5-6;/h7-10,13,23H,3-6H2,1-2H3,(H3,24,25,26,27,28,29);6-7H,1-5H2;1H4. The number of piperidine rings is 1. The molecular formula is C27H39ClFN7O. The Kier molecular flexibility index (Phi) is 10.7. The summed E-state index contributed by atoms with van der Waals surface area (Å²) in [4.78, 5) is 8.53. The number of aryl methyl sites for hydroxylation is 2. The minimum Gasteiger partial charge on any atom is -0.393 e. The molecule has 1 aromatic carbocycles. The molecule has 202 valence electrons. The molecule has 37 heavy (non-hydrogen) atoms. The molecule has 0 unspecified atom stereocenters. The lowest BCUT2D eigenvalue weighted by atomic mass is 9.87. The van der Waals surface area contributed by atoms with Crippen molar-refractivity contribution < 1.29 is 9.50 Å². The summed E-state index contributed by atoms with van der Waals surface area (Å²) < 4.78 is 14.8. The molecule has 0 bridgehead atoms. The van der Waals surface area contributed by atoms with E-state index < -0.39 is 0 Å². The SMILES string of the molecule is C.Cc1cc(Nc2nc(Nc3cc(C)c(C4CCNCC4)cc3F)ncc2Cl)n[nH]1.OC1CCCCC1. The highest BCUT2D eigenvalue weighted by atomic mass is 35.5. The molecule has 2 aliphatic rings. The molecule has 0 amide bonds. The van der Waals surface area contributed by atoms with Crippen LogP contribution in [-0.4, -0.2) is 44.5 Å². The normalized spacial score (nSPS) is 16.4. The Balaban J connectivity index is 0.000000413. The van der Waals surface area contributed by atoms with Crippen molar-refractivity contribution in [3.05, 3.63) is 52.1 Å². The Labute approximate surface area is 223 Å². The molecule has 3 heterocycles. The van der Waals surface area contributed by atoms with Crippen LogP contribution in [0.15, 0.2) is 24.4 Å². The van der Waals surface area contributed by atoms with Crippen molar-refractivity contribution in [3.8, 4) is 0 Å². The first-order valence-electron chi connectivity index (χ1n) is 12.7. The van der Waals surface area contributed by atoms with E-state index in [2.05, 4.69) is 36.1 Å². The van der Waals surface area contributed by atoms with Gasteiger partial charge >= 0.3 is 0 Å². The fraction of sp³-hybridized carbons (Fsp3) is 0.519. The molecule has 0 spiro atoms. The number of H-pyrrole nitrogens is 1. The van der Waals surface area contributed by atoms with Crippen LogP contribution >= 0.6 is 11.6 Å². The zero-order chi connectivity index (χ0) is 25.5. The summed E-state index contributed by atoms with van der Waals surface area (Å²) in [6.45, 7) is 5.84. The minimum absolute atomic E-state index is 0. The van der Waals surface area contributed by atoms with Crippen LogP contribution in [-0.2, 0) is 0 Å². The quantitative estimate of drug-likeness (QED) is 0.255. The van der Waals surface area contributed by atoms with Crippen molar-refractivity contribution in [2.75, 3.05) is 23.7 Å². The third kappa shape index (κ3) is 8.12. The van der Waals surface area contributed by atoms with Crippen LogP contribution in [0.2, 0.25) is 5.02 Å². The highest BCUT2D eigenvalue weighted by Crippen LogP contribution is 2.32. The van der Waals surface area contributed by atoms with Crippen molar-refractivity contribution >= 4 is 34.9 Å². The lowest BCUT2D eigenvalue weighted by molar-refractivity contribution is 0.130. The molecule has 1 saturated carbocycles. The molecular weight excluding hydrogens is 493 g/mol. The number of nitrogens with one attached hydrogen (secondary N) is 4. The van der Waals surface area contributed by atoms with Gasteiger partial charge in [-0.05, 0) is 81.8 Å². The van der Waals surface area contributed by atoms with E-state index in [4.69, 9.17) is 16.7 Å². The Bertz CT molecular complexity index is 1140. The number of benzene rings is 1. The van der Waals surface area contributed by atoms with Crippen molar-refractivity contribution in [2.24, 2.45) is 0 Å². The molecule has 8 nitrogen and oxygen atoms in total. The van der Waals surface area contributed by atoms with Gasteiger partial charge in [0.1, 0.15) is 10.8 Å². The monoisotopic (exact) mass is 531 g/mol. The van der Waals surface area contributed by atoms with Gasteiger partial charge in [0.05, 0.1) is 18.0 Å². The van der Waals surface area contributed by atoms with Gasteiger partial charge in [-0.15, -0.1) is 0 Å². The van der Waals surface area contributed by atoms with Crippen molar-refractivity contribution in [1.82, 2.24) is 25.5 Å². The first-order chi connectivity index (χ1) is 17.4. The molecule has 0 radical (unpaired) electrons. The van der Waals surface area contributed by atoms with Crippen molar-refractivity contribution in [1.29, 1.82) is 0 Å². The van der Waals surface area contributed by atoms with Gasteiger partial charge in [-0.1, -0.05) is 38.3 Å². The molecule has 5 rings (SSSR count). The number of anilines is 4. The average molecular weight is 532 g/mol. The fourth-order valence-electron chi connectivity index (χ4n) is 4.69. The van der Waals surface area contributed by atoms with Crippen molar-refractivity contribution in [2.45, 2.75) is 78.2 Å². The number of aliphatic hydroxyl groups excluding tert-OH is 1. The number of aliphatic hydroxyl groups is 1. The lowest BCUT2D eigenvalue weighted by Gasteiger charge is -2.25. The number of nitrogens with zero attached hydrogens (tertiary/aromatic N) is 3. The topological polar surface area (TPSA) is 111 Å². The highest BCUT2D eigenvalue weighted by molar-refractivity contribution is 6.32. The summed E-state index contributed by atoms with van der Waals surface area (Å²) >= 11 is 6.19. The summed E-state index contributed by atoms with van der Waals surface area (Å²) in [6.07, 6.45) is 9.44. The number of hydrogen-bond acceptors (Lipinski definition) is 7. The number of hydrogen-bond donors (Lipinski definition) is 5. The molecule has 5 N–H and O–H groups in total. The van der Waals surface area contributed by atoms with E-state index in [0.717, 1.165) is 55.6 Å². The van der Waals surface area contributed by atoms with E-state index in [1.807, 2.05) is 26.0 Å². The second kappa shape index (κ2) is 13.7. The Morgan fingerprint density at radius 2 is 1.76 bits per heavy atom. The van der Waals surface area contributed by atoms with E-state index in [-0.39, 0.29) is 25.3 Å². The maximum atomic E-state index is 14.8. The van der Waals surface area contributed by atoms with Gasteiger partial charge in [-0.3, -0.25) is 5.10 Å². The van der Waals surface area contributed by atoms with Gasteiger partial charge in [-0.2, -0.15) is 10.1 Å². The van der Waals surface area contributed by atoms with Crippen LogP contribution in [0.4, 0.5) is 27.7 Å². The van der Waals surface area contributed by atoms with Crippen LogP contribution in [0.3, 0.4) is 0 Å². The predicted molar refractivity (Wildman–Crippen MR) is 149 cm³/mol. The second-order valence-electron chi connectivity index (χ2n) is 9.58. The van der Waals surface area contributed by atoms with Gasteiger partial charge in [0.25, 0.3) is 0 Å². The smallest absolute Gasteiger partial charge is 0.229 e. The van der Waals surface area contributed by atoms with Gasteiger partial charge in [-0.25, -0.2) is 9.37 Å². The summed E-state index contributed by atoms with van der Waals surface area (Å²) in [7, 11) is 0. The highest BCUT2D eigenvalue weighted by Gasteiger charge is 2.19. The van der Waals surface area contributed by atoms with Crippen LogP contribution < -0.4 is 16.0 Å². The average Bonchev–Trinajstić information content (AvgIpc) is 3.29. The number of aromatic nitrogens is 4. The minimum atomic E-state index is -0.319. The Morgan fingerprint density at radius 1 is 1.03 bits per heavy atom. The fourth-order valence-corrected chi connectivity index (χ4v) is 4.82. The van der Waals surface area contributed by atoms with Gasteiger partial charge in [0, 0.05) is 11.8 Å². The van der Waals surface area contributed by atoms with E-state index in [9.17, 15) is 4.39 Å². The second-order valence-corrected chi connectivity index (χ2v) is 9.99. The third-order valence-electron chi connectivity index (χ3n) is 6.65. The van der Waals surface area contributed by atoms with Crippen LogP contribution in [0, 0.1) is 19.7 Å². The number of halogens is 2. The maximum Gasteiger partial charge on any atom is 0.229 e. The molecule has 3 aromatic rings. The first kappa shape index (κ1) is 28.8. The zero-order valence-corrected chi connectivity index (χ0v) is 21.6. The summed E-state index contributed by atoms with van der Waals surface area (Å²) in [5.74, 6) is 1.29. The number of rotatable bonds is 5. The van der Waals surface area contributed by atoms with Gasteiger partial charge < -0.3 is 21.1 Å². The van der Waals surface area contributed by atoms with Crippen LogP contribution in [0.5, 0.6) is 0 Å². The summed E-state index contributed by atoms with van der Waals surface area (Å²) in [6, 6.07) is 5.28. The molecule has 2 aromatic heterocycles. The molecule has 2 fully saturated rings. The molecule has 1 aliphatic carbocycles. The summed E-state index contributed by atoms with van der Waals surface area (Å²) in [5, 5.41) is 25.5. The van der Waals surface area contributed by atoms with E-state index in [0.29, 0.717) is 28.3 Å². The van der Waals surface area contributed by atoms with E-state index in [1.54, 1.807) is 6.07 Å². The molecule has 1 saturated heterocycles. The predicted octanol–water partition coefficient (Wildman–Crippen LogP) is 6.51. The van der Waals surface area contributed by atoms with Gasteiger partial charge in [0.2, 0.25) is 5.95 Å². The Morgan fingerprint density at radius 3 is 2.38 bits per heavy atom. The largest absolute Gasteiger partial charge is 0.393 e. The van der Waals surface area contributed by atoms with Crippen LogP contribution in [0.25, 0.3) is 0 Å². The number of aromatic amines is 1. The first-order valence-corrected chi connectivity index (χ1v) is 13.0. The van der Waals surface area contributed by atoms with Crippen LogP contribution in [0.1, 0.15) is 75.1 Å². The summed E-state index contributed by atoms with van der Waals surface area (Å²) in [5.41, 5.74) is 3.37. The Hall–Kier alpha value is -2.75. The lowest BCUT2D eigenvalue weighted by Crippen LogP contribution is -2.27.